The summed E-state index contributed by atoms with van der Waals surface area (Å²) in [5.74, 6) is 0.140. The molecule has 1 saturated heterocycles. The molecule has 1 aliphatic rings. The van der Waals surface area contributed by atoms with Crippen LogP contribution in [0.1, 0.15) is 58.0 Å². The normalized spacial score (nSPS) is 18.6. The minimum absolute atomic E-state index is 0.0507. The molecular formula is C19H25N3O2. The molecule has 0 bridgehead atoms. The van der Waals surface area contributed by atoms with E-state index in [2.05, 4.69) is 36.4 Å². The van der Waals surface area contributed by atoms with Gasteiger partial charge in [0.15, 0.2) is 0 Å². The zero-order valence-corrected chi connectivity index (χ0v) is 14.8. The van der Waals surface area contributed by atoms with Crippen LogP contribution in [0.15, 0.2) is 24.4 Å². The van der Waals surface area contributed by atoms with Gasteiger partial charge in [0, 0.05) is 25.8 Å². The van der Waals surface area contributed by atoms with Crippen molar-refractivity contribution < 1.29 is 9.53 Å². The second-order valence-corrected chi connectivity index (χ2v) is 6.65. The molecule has 2 aromatic rings. The van der Waals surface area contributed by atoms with Crippen LogP contribution in [0, 0.1) is 13.8 Å². The number of aromatic nitrogens is 2. The van der Waals surface area contributed by atoms with Crippen LogP contribution in [0.25, 0.3) is 0 Å². The van der Waals surface area contributed by atoms with Crippen LogP contribution >= 0.6 is 0 Å². The number of carbonyl (C=O) groups excluding carboxylic acids is 1. The molecule has 0 aliphatic carbocycles. The van der Waals surface area contributed by atoms with Crippen molar-refractivity contribution in [1.82, 2.24) is 15.1 Å². The Hall–Kier alpha value is -2.14. The van der Waals surface area contributed by atoms with Crippen LogP contribution in [-0.2, 0) is 11.8 Å². The molecule has 1 amide bonds. The molecule has 0 spiro atoms. The summed E-state index contributed by atoms with van der Waals surface area (Å²) in [7, 11) is 1.85. The molecule has 0 unspecified atom stereocenters. The van der Waals surface area contributed by atoms with Crippen molar-refractivity contribution in [3.05, 3.63) is 52.3 Å². The van der Waals surface area contributed by atoms with Crippen molar-refractivity contribution >= 4 is 5.91 Å². The topological polar surface area (TPSA) is 56.2 Å². The van der Waals surface area contributed by atoms with Gasteiger partial charge in [0.2, 0.25) is 0 Å². The van der Waals surface area contributed by atoms with Crippen molar-refractivity contribution in [3.8, 4) is 0 Å². The number of ether oxygens (including phenoxy) is 1. The van der Waals surface area contributed by atoms with Gasteiger partial charge in [-0.15, -0.1) is 0 Å². The molecule has 1 N–H and O–H groups in total. The Morgan fingerprint density at radius 2 is 2.21 bits per heavy atom. The third-order valence-electron chi connectivity index (χ3n) is 4.88. The molecule has 1 fully saturated rings. The lowest BCUT2D eigenvalue weighted by atomic mass is 9.97. The number of nitrogens with one attached hydrogen (secondary N) is 1. The highest BCUT2D eigenvalue weighted by Gasteiger charge is 2.27. The highest BCUT2D eigenvalue weighted by Crippen LogP contribution is 2.27. The van der Waals surface area contributed by atoms with Crippen LogP contribution in [-0.4, -0.2) is 28.9 Å². The molecule has 5 nitrogen and oxygen atoms in total. The summed E-state index contributed by atoms with van der Waals surface area (Å²) in [5.41, 5.74) is 5.11. The van der Waals surface area contributed by atoms with Gasteiger partial charge < -0.3 is 10.1 Å². The Morgan fingerprint density at radius 1 is 1.42 bits per heavy atom. The van der Waals surface area contributed by atoms with Crippen LogP contribution < -0.4 is 5.32 Å². The van der Waals surface area contributed by atoms with Gasteiger partial charge in [-0.25, -0.2) is 0 Å². The van der Waals surface area contributed by atoms with E-state index in [0.717, 1.165) is 24.3 Å². The minimum Gasteiger partial charge on any atom is -0.381 e. The summed E-state index contributed by atoms with van der Waals surface area (Å²) in [6, 6.07) is 6.14. The standard InChI is InChI=1S/C19H25N3O2/c1-12-6-5-7-16(13(12)2)14(3)20-19(23)17-10-22(4)21-18(17)15-8-9-24-11-15/h5-7,10,14-15H,8-9,11H2,1-4H3,(H,20,23)/t14-,15+/m1/s1. The smallest absolute Gasteiger partial charge is 0.255 e. The van der Waals surface area contributed by atoms with E-state index >= 15 is 0 Å². The summed E-state index contributed by atoms with van der Waals surface area (Å²) in [6.07, 6.45) is 2.72. The number of amides is 1. The average Bonchev–Trinajstić information content (AvgIpc) is 3.18. The molecule has 1 aliphatic heterocycles. The van der Waals surface area contributed by atoms with Crippen molar-refractivity contribution in [3.63, 3.8) is 0 Å². The Bertz CT molecular complexity index is 745. The highest BCUT2D eigenvalue weighted by atomic mass is 16.5. The molecular weight excluding hydrogens is 302 g/mol. The first-order chi connectivity index (χ1) is 11.5. The fourth-order valence-corrected chi connectivity index (χ4v) is 3.33. The molecule has 3 rings (SSSR count). The number of carbonyl (C=O) groups is 1. The van der Waals surface area contributed by atoms with Gasteiger partial charge in [0.1, 0.15) is 0 Å². The van der Waals surface area contributed by atoms with Crippen molar-refractivity contribution in [1.29, 1.82) is 0 Å². The fraction of sp³-hybridized carbons (Fsp3) is 0.474. The molecule has 0 radical (unpaired) electrons. The molecule has 2 heterocycles. The highest BCUT2D eigenvalue weighted by molar-refractivity contribution is 5.95. The van der Waals surface area contributed by atoms with Crippen LogP contribution in [0.3, 0.4) is 0 Å². The van der Waals surface area contributed by atoms with Gasteiger partial charge in [0.25, 0.3) is 5.91 Å². The lowest BCUT2D eigenvalue weighted by Crippen LogP contribution is -2.28. The van der Waals surface area contributed by atoms with E-state index < -0.39 is 0 Å². The third-order valence-corrected chi connectivity index (χ3v) is 4.88. The van der Waals surface area contributed by atoms with E-state index in [9.17, 15) is 4.79 Å². The first kappa shape index (κ1) is 16.7. The Labute approximate surface area is 143 Å². The molecule has 128 valence electrons. The van der Waals surface area contributed by atoms with Gasteiger partial charge in [-0.1, -0.05) is 18.2 Å². The fourth-order valence-electron chi connectivity index (χ4n) is 3.33. The lowest BCUT2D eigenvalue weighted by molar-refractivity contribution is 0.0938. The number of hydrogen-bond acceptors (Lipinski definition) is 3. The molecule has 24 heavy (non-hydrogen) atoms. The minimum atomic E-state index is -0.0709. The van der Waals surface area contributed by atoms with Crippen LogP contribution in [0.2, 0.25) is 0 Å². The molecule has 2 atom stereocenters. The van der Waals surface area contributed by atoms with Gasteiger partial charge >= 0.3 is 0 Å². The number of benzene rings is 1. The van der Waals surface area contributed by atoms with E-state index in [0.29, 0.717) is 12.2 Å². The van der Waals surface area contributed by atoms with Gasteiger partial charge in [0.05, 0.1) is 23.9 Å². The second kappa shape index (κ2) is 6.77. The zero-order valence-electron chi connectivity index (χ0n) is 14.8. The van der Waals surface area contributed by atoms with Crippen molar-refractivity contribution in [2.24, 2.45) is 7.05 Å². The van der Waals surface area contributed by atoms with Crippen molar-refractivity contribution in [2.45, 2.75) is 39.2 Å². The van der Waals surface area contributed by atoms with E-state index in [1.54, 1.807) is 10.9 Å². The first-order valence-corrected chi connectivity index (χ1v) is 8.45. The summed E-state index contributed by atoms with van der Waals surface area (Å²) < 4.78 is 7.17. The van der Waals surface area contributed by atoms with Gasteiger partial charge in [-0.05, 0) is 43.9 Å². The van der Waals surface area contributed by atoms with Gasteiger partial charge in [-0.3, -0.25) is 9.48 Å². The summed E-state index contributed by atoms with van der Waals surface area (Å²) in [6.45, 7) is 7.59. The van der Waals surface area contributed by atoms with E-state index in [-0.39, 0.29) is 17.9 Å². The molecule has 1 aromatic carbocycles. The first-order valence-electron chi connectivity index (χ1n) is 8.45. The Kier molecular flexibility index (Phi) is 4.71. The largest absolute Gasteiger partial charge is 0.381 e. The Balaban J connectivity index is 1.81. The molecule has 1 aromatic heterocycles. The maximum Gasteiger partial charge on any atom is 0.255 e. The Morgan fingerprint density at radius 3 is 2.92 bits per heavy atom. The third kappa shape index (κ3) is 3.22. The molecule has 0 saturated carbocycles. The number of rotatable bonds is 4. The quantitative estimate of drug-likeness (QED) is 0.939. The van der Waals surface area contributed by atoms with Gasteiger partial charge in [-0.2, -0.15) is 5.10 Å². The number of hydrogen-bond donors (Lipinski definition) is 1. The van der Waals surface area contributed by atoms with Crippen molar-refractivity contribution in [2.75, 3.05) is 13.2 Å². The maximum absolute atomic E-state index is 12.8. The zero-order chi connectivity index (χ0) is 17.3. The SMILES string of the molecule is Cc1cccc([C@@H](C)NC(=O)c2cn(C)nc2[C@H]2CCOC2)c1C. The van der Waals surface area contributed by atoms with Crippen LogP contribution in [0.5, 0.6) is 0 Å². The van der Waals surface area contributed by atoms with Crippen LogP contribution in [0.4, 0.5) is 0 Å². The predicted octanol–water partition coefficient (Wildman–Crippen LogP) is 3.03. The summed E-state index contributed by atoms with van der Waals surface area (Å²) >= 11 is 0. The molecule has 5 heteroatoms. The predicted molar refractivity (Wildman–Crippen MR) is 93.2 cm³/mol. The maximum atomic E-state index is 12.8. The van der Waals surface area contributed by atoms with E-state index in [1.807, 2.05) is 20.0 Å². The lowest BCUT2D eigenvalue weighted by Gasteiger charge is -2.18. The second-order valence-electron chi connectivity index (χ2n) is 6.65. The van der Waals surface area contributed by atoms with E-state index in [4.69, 9.17) is 4.74 Å². The summed E-state index contributed by atoms with van der Waals surface area (Å²) in [4.78, 5) is 12.8. The monoisotopic (exact) mass is 327 g/mol. The van der Waals surface area contributed by atoms with E-state index in [1.165, 1.54) is 11.1 Å². The average molecular weight is 327 g/mol. The number of nitrogens with zero attached hydrogens (tertiary/aromatic N) is 2. The summed E-state index contributed by atoms with van der Waals surface area (Å²) in [5, 5.41) is 7.63. The number of aryl methyl sites for hydroxylation is 2.